The molecule has 19 nitrogen and oxygen atoms in total. The predicted octanol–water partition coefficient (Wildman–Crippen LogP) is 4.61. The highest BCUT2D eigenvalue weighted by atomic mass is 16.7. The highest BCUT2D eigenvalue weighted by Gasteiger charge is 2.33. The van der Waals surface area contributed by atoms with Crippen molar-refractivity contribution < 1.29 is 72.0 Å². The van der Waals surface area contributed by atoms with Gasteiger partial charge in [-0.3, -0.25) is 28.8 Å². The second kappa shape index (κ2) is 37.1. The fourth-order valence-corrected chi connectivity index (χ4v) is 6.41. The molecule has 0 aromatic heterocycles. The average molecular weight is 915 g/mol. The van der Waals surface area contributed by atoms with Crippen molar-refractivity contribution in [1.29, 1.82) is 0 Å². The summed E-state index contributed by atoms with van der Waals surface area (Å²) >= 11 is 0. The van der Waals surface area contributed by atoms with Gasteiger partial charge in [-0.05, 0) is 40.0 Å². The molecule has 64 heavy (non-hydrogen) atoms. The third kappa shape index (κ3) is 34.2. The molecule has 4 N–H and O–H groups in total. The van der Waals surface area contributed by atoms with Crippen LogP contribution in [0.15, 0.2) is 0 Å². The highest BCUT2D eigenvalue weighted by Crippen LogP contribution is 2.16. The second-order valence-electron chi connectivity index (χ2n) is 16.8. The van der Waals surface area contributed by atoms with Crippen LogP contribution in [0.2, 0.25) is 0 Å². The molecule has 1 aliphatic heterocycles. The van der Waals surface area contributed by atoms with E-state index in [2.05, 4.69) is 20.8 Å². The van der Waals surface area contributed by atoms with Gasteiger partial charge in [0.1, 0.15) is 24.9 Å². The summed E-state index contributed by atoms with van der Waals surface area (Å²) in [4.78, 5) is 99.8. The summed E-state index contributed by atoms with van der Waals surface area (Å²) < 4.78 is 26.6. The van der Waals surface area contributed by atoms with Crippen LogP contribution in [-0.2, 0) is 66.9 Å². The minimum atomic E-state index is -0.944. The Bertz CT molecular complexity index is 1360. The summed E-state index contributed by atoms with van der Waals surface area (Å²) in [6, 6.07) is -0.944. The number of carboxylic acid groups (broad SMARTS) is 1. The van der Waals surface area contributed by atoms with E-state index in [-0.39, 0.29) is 109 Å². The number of hydrogen-bond donors (Lipinski definition) is 4. The van der Waals surface area contributed by atoms with Crippen LogP contribution in [0.5, 0.6) is 0 Å². The number of hydrogen-bond acceptors (Lipinski definition) is 14. The fourth-order valence-electron chi connectivity index (χ4n) is 6.41. The van der Waals surface area contributed by atoms with Crippen molar-refractivity contribution in [3.63, 3.8) is 0 Å². The van der Waals surface area contributed by atoms with Crippen molar-refractivity contribution in [2.24, 2.45) is 0 Å². The molecule has 0 spiro atoms. The molecule has 0 unspecified atom stereocenters. The van der Waals surface area contributed by atoms with Gasteiger partial charge in [0.25, 0.3) is 11.8 Å². The molecule has 1 fully saturated rings. The molecular weight excluding hydrogens is 837 g/mol. The molecule has 0 aromatic rings. The van der Waals surface area contributed by atoms with Crippen LogP contribution in [0.4, 0.5) is 0 Å². The summed E-state index contributed by atoms with van der Waals surface area (Å²) in [6.07, 6.45) is 18.6. The van der Waals surface area contributed by atoms with Gasteiger partial charge in [0.05, 0.1) is 39.6 Å². The maximum atomic E-state index is 12.9. The quantitative estimate of drug-likeness (QED) is 0.0372. The van der Waals surface area contributed by atoms with Crippen LogP contribution >= 0.6 is 0 Å². The van der Waals surface area contributed by atoms with Gasteiger partial charge in [0.2, 0.25) is 17.7 Å². The summed E-state index contributed by atoms with van der Waals surface area (Å²) in [5.41, 5.74) is -0.752. The Balaban J connectivity index is 2.05. The van der Waals surface area contributed by atoms with E-state index in [1.807, 2.05) is 0 Å². The first kappa shape index (κ1) is 57.8. The lowest BCUT2D eigenvalue weighted by Crippen LogP contribution is -2.44. The number of hydroxylamine groups is 2. The molecule has 5 amide bonds. The van der Waals surface area contributed by atoms with Crippen molar-refractivity contribution in [3.05, 3.63) is 0 Å². The van der Waals surface area contributed by atoms with Gasteiger partial charge in [-0.2, -0.15) is 0 Å². The average Bonchev–Trinajstić information content (AvgIpc) is 3.54. The first-order chi connectivity index (χ1) is 30.7. The standard InChI is InChI=1S/C45H78N4O15/c1-45(2,3)63-44(58)36(48-38(51)20-18-16-14-12-10-8-6-4-5-7-9-11-13-15-17-19-21-42(55)56)22-23-37(50)46-26-28-59-30-32-61-34-39(52)47-27-29-60-31-33-62-35-43(57)64-49-40(53)24-25-41(49)54/h36H,4-35H2,1-3H3,(H,46,50)(H,47,52)(H,48,51)(H,55,56)/t36-/m0/s1. The Morgan fingerprint density at radius 3 is 1.48 bits per heavy atom. The van der Waals surface area contributed by atoms with E-state index in [1.54, 1.807) is 20.8 Å². The van der Waals surface area contributed by atoms with Crippen molar-refractivity contribution in [3.8, 4) is 0 Å². The topological polar surface area (TPSA) is 251 Å². The zero-order valence-electron chi connectivity index (χ0n) is 38.8. The first-order valence-corrected chi connectivity index (χ1v) is 23.3. The van der Waals surface area contributed by atoms with Crippen molar-refractivity contribution in [2.75, 3.05) is 65.9 Å². The second-order valence-corrected chi connectivity index (χ2v) is 16.8. The maximum absolute atomic E-state index is 12.9. The van der Waals surface area contributed by atoms with Gasteiger partial charge in [-0.1, -0.05) is 89.9 Å². The summed E-state index contributed by atoms with van der Waals surface area (Å²) in [7, 11) is 0. The Labute approximate surface area is 379 Å². The van der Waals surface area contributed by atoms with Crippen molar-refractivity contribution in [1.82, 2.24) is 21.0 Å². The predicted molar refractivity (Wildman–Crippen MR) is 234 cm³/mol. The lowest BCUT2D eigenvalue weighted by molar-refractivity contribution is -0.200. The van der Waals surface area contributed by atoms with Crippen molar-refractivity contribution in [2.45, 2.75) is 174 Å². The largest absolute Gasteiger partial charge is 0.481 e. The minimum absolute atomic E-state index is 0.00230. The highest BCUT2D eigenvalue weighted by molar-refractivity contribution is 6.01. The van der Waals surface area contributed by atoms with Gasteiger partial charge in [-0.15, -0.1) is 5.06 Å². The van der Waals surface area contributed by atoms with Crippen LogP contribution in [0.1, 0.15) is 162 Å². The molecule has 19 heteroatoms. The van der Waals surface area contributed by atoms with Crippen LogP contribution in [-0.4, -0.2) is 135 Å². The monoisotopic (exact) mass is 915 g/mol. The number of nitrogens with zero attached hydrogens (tertiary/aromatic N) is 1. The lowest BCUT2D eigenvalue weighted by Gasteiger charge is -2.24. The normalized spacial score (nSPS) is 13.1. The number of carbonyl (C=O) groups excluding carboxylic acids is 7. The summed E-state index contributed by atoms with van der Waals surface area (Å²) in [6.45, 7) is 5.96. The molecule has 0 aliphatic carbocycles. The number of unbranched alkanes of at least 4 members (excludes halogenated alkanes) is 15. The van der Waals surface area contributed by atoms with Gasteiger partial charge < -0.3 is 49.6 Å². The first-order valence-electron chi connectivity index (χ1n) is 23.3. The molecule has 1 aliphatic rings. The smallest absolute Gasteiger partial charge is 0.358 e. The number of amides is 5. The molecule has 1 rings (SSSR count). The number of ether oxygens (including phenoxy) is 5. The fraction of sp³-hybridized carbons (Fsp3) is 0.822. The van der Waals surface area contributed by atoms with Crippen molar-refractivity contribution >= 4 is 47.4 Å². The SMILES string of the molecule is CC(C)(C)OC(=O)[C@H](CCC(=O)NCCOCCOCC(=O)NCCOCCOCC(=O)ON1C(=O)CCC1=O)NC(=O)CCCCCCCCCCCCCCCCCCC(=O)O. The van der Waals surface area contributed by atoms with Gasteiger partial charge in [0.15, 0.2) is 0 Å². The third-order valence-corrected chi connectivity index (χ3v) is 9.76. The molecule has 1 atom stereocenters. The number of aliphatic carboxylic acids is 1. The Kier molecular flexibility index (Phi) is 33.5. The zero-order valence-corrected chi connectivity index (χ0v) is 38.8. The molecular formula is C45H78N4O15. The third-order valence-electron chi connectivity index (χ3n) is 9.76. The molecule has 1 saturated heterocycles. The molecule has 0 saturated carbocycles. The van der Waals surface area contributed by atoms with Crippen LogP contribution in [0.25, 0.3) is 0 Å². The number of carbonyl (C=O) groups is 8. The van der Waals surface area contributed by atoms with E-state index in [0.717, 1.165) is 44.9 Å². The number of imide groups is 1. The number of nitrogens with one attached hydrogen (secondary N) is 3. The number of esters is 1. The van der Waals surface area contributed by atoms with E-state index in [9.17, 15) is 38.4 Å². The number of carboxylic acids is 1. The Hall–Kier alpha value is -4.20. The molecule has 368 valence electrons. The van der Waals surface area contributed by atoms with E-state index in [1.165, 1.54) is 57.8 Å². The Morgan fingerprint density at radius 1 is 0.562 bits per heavy atom. The maximum Gasteiger partial charge on any atom is 0.358 e. The molecule has 1 heterocycles. The Morgan fingerprint density at radius 2 is 1.00 bits per heavy atom. The van der Waals surface area contributed by atoms with Gasteiger partial charge in [-0.25, -0.2) is 9.59 Å². The minimum Gasteiger partial charge on any atom is -0.481 e. The van der Waals surface area contributed by atoms with E-state index >= 15 is 0 Å². The van der Waals surface area contributed by atoms with E-state index < -0.39 is 48.0 Å². The van der Waals surface area contributed by atoms with E-state index in [0.29, 0.717) is 11.5 Å². The van der Waals surface area contributed by atoms with Crippen LogP contribution < -0.4 is 16.0 Å². The van der Waals surface area contributed by atoms with Gasteiger partial charge in [0, 0.05) is 45.2 Å². The molecule has 0 bridgehead atoms. The van der Waals surface area contributed by atoms with Crippen LogP contribution in [0.3, 0.4) is 0 Å². The number of rotatable bonds is 41. The molecule has 0 aromatic carbocycles. The zero-order chi connectivity index (χ0) is 47.3. The summed E-state index contributed by atoms with van der Waals surface area (Å²) in [5.74, 6) is -4.20. The van der Waals surface area contributed by atoms with E-state index in [4.69, 9.17) is 28.8 Å². The van der Waals surface area contributed by atoms with Gasteiger partial charge >= 0.3 is 17.9 Å². The molecule has 0 radical (unpaired) electrons. The summed E-state index contributed by atoms with van der Waals surface area (Å²) in [5, 5.41) is 17.3. The lowest BCUT2D eigenvalue weighted by atomic mass is 10.0. The van der Waals surface area contributed by atoms with Crippen LogP contribution in [0, 0.1) is 0 Å².